The van der Waals surface area contributed by atoms with Crippen LogP contribution in [0.15, 0.2) is 22.8 Å². The van der Waals surface area contributed by atoms with Crippen LogP contribution in [0.2, 0.25) is 0 Å². The van der Waals surface area contributed by atoms with Crippen LogP contribution >= 0.6 is 0 Å². The number of likely N-dealkylation sites (tertiary alicyclic amines) is 1. The number of carboxylic acid groups (broad SMARTS) is 1. The number of carbonyl (C=O) groups excluding carboxylic acids is 1. The van der Waals surface area contributed by atoms with Gasteiger partial charge in [0.2, 0.25) is 0 Å². The van der Waals surface area contributed by atoms with Crippen molar-refractivity contribution in [3.8, 4) is 0 Å². The number of carbonyl (C=O) groups is 2. The molecule has 2 heterocycles. The van der Waals surface area contributed by atoms with Crippen LogP contribution in [0.4, 0.5) is 0 Å². The molecule has 1 aromatic rings. The van der Waals surface area contributed by atoms with Crippen molar-refractivity contribution < 1.29 is 23.8 Å². The van der Waals surface area contributed by atoms with Gasteiger partial charge >= 0.3 is 11.9 Å². The quantitative estimate of drug-likeness (QED) is 0.812. The van der Waals surface area contributed by atoms with Crippen LogP contribution in [0.3, 0.4) is 0 Å². The van der Waals surface area contributed by atoms with E-state index in [-0.39, 0.29) is 0 Å². The molecule has 7 nitrogen and oxygen atoms in total. The smallest absolute Gasteiger partial charge is 0.328 e. The summed E-state index contributed by atoms with van der Waals surface area (Å²) in [7, 11) is 0. The van der Waals surface area contributed by atoms with Crippen LogP contribution < -0.4 is 5.73 Å². The lowest BCUT2D eigenvalue weighted by Gasteiger charge is -2.40. The van der Waals surface area contributed by atoms with E-state index in [1.54, 1.807) is 37.8 Å². The van der Waals surface area contributed by atoms with Crippen LogP contribution in [0, 0.1) is 5.92 Å². The molecule has 0 bridgehead atoms. The second kappa shape index (κ2) is 6.72. The zero-order valence-electron chi connectivity index (χ0n) is 13.7. The fourth-order valence-electron chi connectivity index (χ4n) is 2.85. The van der Waals surface area contributed by atoms with Crippen molar-refractivity contribution in [1.29, 1.82) is 0 Å². The van der Waals surface area contributed by atoms with Crippen LogP contribution in [-0.4, -0.2) is 40.3 Å². The highest BCUT2D eigenvalue weighted by atomic mass is 16.6. The van der Waals surface area contributed by atoms with Gasteiger partial charge in [0.15, 0.2) is 6.04 Å². The Kier molecular flexibility index (Phi) is 5.11. The van der Waals surface area contributed by atoms with Crippen LogP contribution in [0.1, 0.15) is 45.4 Å². The van der Waals surface area contributed by atoms with Gasteiger partial charge in [0.25, 0.3) is 0 Å². The predicted octanol–water partition coefficient (Wildman–Crippen LogP) is 1.74. The number of hydrogen-bond acceptors (Lipinski definition) is 6. The van der Waals surface area contributed by atoms with E-state index in [0.717, 1.165) is 0 Å². The van der Waals surface area contributed by atoms with E-state index in [1.165, 1.54) is 6.26 Å². The minimum atomic E-state index is -1.06. The molecule has 1 aliphatic rings. The van der Waals surface area contributed by atoms with Gasteiger partial charge in [-0.2, -0.15) is 0 Å². The van der Waals surface area contributed by atoms with Crippen LogP contribution in [0.25, 0.3) is 0 Å². The monoisotopic (exact) mass is 324 g/mol. The third kappa shape index (κ3) is 4.11. The minimum absolute atomic E-state index is 0.304. The van der Waals surface area contributed by atoms with E-state index in [4.69, 9.17) is 14.9 Å². The summed E-state index contributed by atoms with van der Waals surface area (Å²) in [5.41, 5.74) is 5.60. The van der Waals surface area contributed by atoms with Gasteiger partial charge in [-0.1, -0.05) is 0 Å². The van der Waals surface area contributed by atoms with E-state index >= 15 is 0 Å². The average molecular weight is 324 g/mol. The molecule has 1 saturated heterocycles. The molecule has 0 aliphatic carbocycles. The highest BCUT2D eigenvalue weighted by Crippen LogP contribution is 2.31. The van der Waals surface area contributed by atoms with E-state index in [2.05, 4.69) is 0 Å². The molecule has 128 valence electrons. The Hall–Kier alpha value is -1.86. The maximum Gasteiger partial charge on any atom is 0.328 e. The first-order valence-electron chi connectivity index (χ1n) is 7.71. The summed E-state index contributed by atoms with van der Waals surface area (Å²) in [4.78, 5) is 25.6. The van der Waals surface area contributed by atoms with Crippen molar-refractivity contribution >= 4 is 11.9 Å². The van der Waals surface area contributed by atoms with Crippen molar-refractivity contribution in [1.82, 2.24) is 4.90 Å². The van der Waals surface area contributed by atoms with Crippen LogP contribution in [0.5, 0.6) is 0 Å². The molecule has 2 rings (SSSR count). The average Bonchev–Trinajstić information content (AvgIpc) is 2.92. The molecule has 3 atom stereocenters. The zero-order valence-corrected chi connectivity index (χ0v) is 13.7. The van der Waals surface area contributed by atoms with Gasteiger partial charge in [-0.15, -0.1) is 0 Å². The normalized spacial score (nSPS) is 24.2. The summed E-state index contributed by atoms with van der Waals surface area (Å²) in [5.74, 6) is -1.70. The fraction of sp³-hybridized carbons (Fsp3) is 0.625. The summed E-state index contributed by atoms with van der Waals surface area (Å²) >= 11 is 0. The maximum absolute atomic E-state index is 12.3. The number of nitrogens with zero attached hydrogens (tertiary/aromatic N) is 1. The van der Waals surface area contributed by atoms with Gasteiger partial charge < -0.3 is 20.0 Å². The molecule has 0 unspecified atom stereocenters. The Morgan fingerprint density at radius 2 is 2.17 bits per heavy atom. The Morgan fingerprint density at radius 1 is 1.48 bits per heavy atom. The Balaban J connectivity index is 2.19. The third-order valence-corrected chi connectivity index (χ3v) is 3.81. The molecule has 0 saturated carbocycles. The molecular weight excluding hydrogens is 300 g/mol. The number of carboxylic acids is 1. The minimum Gasteiger partial charge on any atom is -0.480 e. The van der Waals surface area contributed by atoms with Crippen molar-refractivity contribution in [3.63, 3.8) is 0 Å². The first-order valence-corrected chi connectivity index (χ1v) is 7.71. The first kappa shape index (κ1) is 17.5. The molecule has 0 radical (unpaired) electrons. The van der Waals surface area contributed by atoms with E-state index in [0.29, 0.717) is 25.1 Å². The molecule has 0 aromatic carbocycles. The molecule has 7 heteroatoms. The number of piperidine rings is 1. The third-order valence-electron chi connectivity index (χ3n) is 3.81. The number of hydrogen-bond donors (Lipinski definition) is 2. The zero-order chi connectivity index (χ0) is 17.2. The van der Waals surface area contributed by atoms with Gasteiger partial charge in [0.05, 0.1) is 18.3 Å². The maximum atomic E-state index is 12.3. The number of aliphatic carboxylic acids is 1. The second-order valence-electron chi connectivity index (χ2n) is 6.77. The molecule has 1 aromatic heterocycles. The van der Waals surface area contributed by atoms with Crippen molar-refractivity contribution in [2.24, 2.45) is 11.7 Å². The molecule has 1 fully saturated rings. The molecule has 1 aliphatic heterocycles. The SMILES string of the molecule is CC(C)(C)OC(=O)[C@@H]1CCCN([C@@H](C(=O)O)c2ccco2)[C@@H]1N. The highest BCUT2D eigenvalue weighted by molar-refractivity contribution is 5.76. The van der Waals surface area contributed by atoms with E-state index in [1.807, 2.05) is 0 Å². The van der Waals surface area contributed by atoms with Crippen molar-refractivity contribution in [2.45, 2.75) is 51.4 Å². The van der Waals surface area contributed by atoms with Gasteiger partial charge in [-0.05, 0) is 45.7 Å². The first-order chi connectivity index (χ1) is 10.7. The summed E-state index contributed by atoms with van der Waals surface area (Å²) < 4.78 is 10.7. The fourth-order valence-corrected chi connectivity index (χ4v) is 2.85. The Bertz CT molecular complexity index is 549. The molecular formula is C16H24N2O5. The lowest BCUT2D eigenvalue weighted by atomic mass is 9.92. The van der Waals surface area contributed by atoms with Gasteiger partial charge in [0, 0.05) is 6.54 Å². The lowest BCUT2D eigenvalue weighted by Crippen LogP contribution is -2.56. The van der Waals surface area contributed by atoms with E-state index in [9.17, 15) is 14.7 Å². The highest BCUT2D eigenvalue weighted by Gasteiger charge is 2.42. The van der Waals surface area contributed by atoms with Crippen molar-refractivity contribution in [3.05, 3.63) is 24.2 Å². The van der Waals surface area contributed by atoms with Gasteiger partial charge in [0.1, 0.15) is 11.4 Å². The summed E-state index contributed by atoms with van der Waals surface area (Å²) in [6.07, 6.45) is 1.94. The second-order valence-corrected chi connectivity index (χ2v) is 6.77. The summed E-state index contributed by atoms with van der Waals surface area (Å²) in [6.45, 7) is 5.86. The number of esters is 1. The van der Waals surface area contributed by atoms with Crippen LogP contribution in [-0.2, 0) is 14.3 Å². The largest absolute Gasteiger partial charge is 0.480 e. The summed E-state index contributed by atoms with van der Waals surface area (Å²) in [6, 6.07) is 2.22. The molecule has 23 heavy (non-hydrogen) atoms. The van der Waals surface area contributed by atoms with Gasteiger partial charge in [-0.3, -0.25) is 14.5 Å². The standard InChI is InChI=1S/C16H24N2O5/c1-16(2,3)23-15(21)10-6-4-8-18(13(10)17)12(14(19)20)11-7-5-9-22-11/h5,7,9-10,12-13H,4,6,8,17H2,1-3H3,(H,19,20)/t10-,12-,13+/m1/s1. The van der Waals surface area contributed by atoms with E-state index < -0.39 is 35.7 Å². The molecule has 3 N–H and O–H groups in total. The molecule has 0 spiro atoms. The van der Waals surface area contributed by atoms with Crippen molar-refractivity contribution in [2.75, 3.05) is 6.54 Å². The Morgan fingerprint density at radius 3 is 2.70 bits per heavy atom. The lowest BCUT2D eigenvalue weighted by molar-refractivity contribution is -0.167. The number of rotatable bonds is 4. The topological polar surface area (TPSA) is 106 Å². The van der Waals surface area contributed by atoms with Gasteiger partial charge in [-0.25, -0.2) is 0 Å². The number of furan rings is 1. The summed E-state index contributed by atoms with van der Waals surface area (Å²) in [5, 5.41) is 9.55. The Labute approximate surface area is 135 Å². The molecule has 0 amide bonds. The predicted molar refractivity (Wildman–Crippen MR) is 82.3 cm³/mol. The number of nitrogens with two attached hydrogens (primary N) is 1. The number of ether oxygens (including phenoxy) is 1.